The van der Waals surface area contributed by atoms with Gasteiger partial charge in [-0.15, -0.1) is 0 Å². The van der Waals surface area contributed by atoms with Crippen molar-refractivity contribution in [3.05, 3.63) is 29.0 Å². The summed E-state index contributed by atoms with van der Waals surface area (Å²) in [5, 5.41) is 10.2. The van der Waals surface area contributed by atoms with E-state index in [1.807, 2.05) is 4.90 Å². The molecule has 3 rings (SSSR count). The highest BCUT2D eigenvalue weighted by molar-refractivity contribution is 6.29. The van der Waals surface area contributed by atoms with Crippen LogP contribution in [-0.2, 0) is 0 Å². The Labute approximate surface area is 111 Å². The molecule has 4 nitrogen and oxygen atoms in total. The fourth-order valence-electron chi connectivity index (χ4n) is 3.12. The summed E-state index contributed by atoms with van der Waals surface area (Å²) >= 11 is 5.79. The maximum absolute atomic E-state index is 12.3. The molecule has 18 heavy (non-hydrogen) atoms. The molecule has 2 aliphatic rings. The second-order valence-corrected chi connectivity index (χ2v) is 5.53. The average Bonchev–Trinajstić information content (AvgIpc) is 2.91. The van der Waals surface area contributed by atoms with Crippen LogP contribution in [0.2, 0.25) is 5.15 Å². The standard InChI is InChI=1S/C13H15ClN2O2/c14-12-5-8(3-4-15-12)13(18)16-6-9-1-2-11(17)10(9)7-16/h3-5,9-11,17H,1-2,6-7H2. The van der Waals surface area contributed by atoms with Crippen LogP contribution in [0, 0.1) is 11.8 Å². The van der Waals surface area contributed by atoms with Gasteiger partial charge in [0.25, 0.3) is 5.91 Å². The number of nitrogens with zero attached hydrogens (tertiary/aromatic N) is 2. The quantitative estimate of drug-likeness (QED) is 0.785. The van der Waals surface area contributed by atoms with Gasteiger partial charge in [-0.05, 0) is 30.9 Å². The number of fused-ring (bicyclic) bond motifs is 1. The molecule has 0 aromatic carbocycles. The van der Waals surface area contributed by atoms with Gasteiger partial charge in [0.05, 0.1) is 6.10 Å². The first kappa shape index (κ1) is 11.9. The highest BCUT2D eigenvalue weighted by atomic mass is 35.5. The molecule has 0 bridgehead atoms. The van der Waals surface area contributed by atoms with Crippen molar-refractivity contribution in [3.8, 4) is 0 Å². The number of pyridine rings is 1. The van der Waals surface area contributed by atoms with E-state index in [0.717, 1.165) is 19.4 Å². The smallest absolute Gasteiger partial charge is 0.254 e. The van der Waals surface area contributed by atoms with E-state index in [0.29, 0.717) is 23.2 Å². The van der Waals surface area contributed by atoms with Crippen LogP contribution in [0.4, 0.5) is 0 Å². The number of hydrogen-bond acceptors (Lipinski definition) is 3. The van der Waals surface area contributed by atoms with Crippen molar-refractivity contribution in [2.24, 2.45) is 11.8 Å². The highest BCUT2D eigenvalue weighted by Crippen LogP contribution is 2.38. The first-order chi connectivity index (χ1) is 8.65. The van der Waals surface area contributed by atoms with Crippen LogP contribution in [0.1, 0.15) is 23.2 Å². The van der Waals surface area contributed by atoms with Crippen molar-refractivity contribution in [1.82, 2.24) is 9.88 Å². The number of hydrogen-bond donors (Lipinski definition) is 1. The molecular formula is C13H15ClN2O2. The third kappa shape index (κ3) is 1.99. The Morgan fingerprint density at radius 3 is 3.00 bits per heavy atom. The molecule has 1 aliphatic carbocycles. The number of carbonyl (C=O) groups is 1. The minimum Gasteiger partial charge on any atom is -0.393 e. The molecule has 5 heteroatoms. The second-order valence-electron chi connectivity index (χ2n) is 5.15. The molecular weight excluding hydrogens is 252 g/mol. The van der Waals surface area contributed by atoms with E-state index in [-0.39, 0.29) is 17.9 Å². The summed E-state index contributed by atoms with van der Waals surface area (Å²) < 4.78 is 0. The van der Waals surface area contributed by atoms with Gasteiger partial charge in [-0.2, -0.15) is 0 Å². The molecule has 1 aliphatic heterocycles. The van der Waals surface area contributed by atoms with Gasteiger partial charge < -0.3 is 10.0 Å². The van der Waals surface area contributed by atoms with E-state index < -0.39 is 0 Å². The SMILES string of the molecule is O=C(c1ccnc(Cl)c1)N1CC2CCC(O)C2C1. The molecule has 96 valence electrons. The third-order valence-corrected chi connectivity index (χ3v) is 4.29. The third-order valence-electron chi connectivity index (χ3n) is 4.08. The van der Waals surface area contributed by atoms with Gasteiger partial charge in [0, 0.05) is 30.8 Å². The first-order valence-electron chi connectivity index (χ1n) is 6.24. The molecule has 2 heterocycles. The maximum Gasteiger partial charge on any atom is 0.254 e. The Morgan fingerprint density at radius 1 is 1.44 bits per heavy atom. The summed E-state index contributed by atoms with van der Waals surface area (Å²) in [6.45, 7) is 1.41. The first-order valence-corrected chi connectivity index (χ1v) is 6.62. The van der Waals surface area contributed by atoms with E-state index in [1.54, 1.807) is 18.3 Å². The lowest BCUT2D eigenvalue weighted by molar-refractivity contribution is 0.0752. The molecule has 1 aromatic rings. The number of halogens is 1. The molecule has 2 fully saturated rings. The van der Waals surface area contributed by atoms with Crippen LogP contribution in [0.3, 0.4) is 0 Å². The van der Waals surface area contributed by atoms with Crippen LogP contribution in [0.15, 0.2) is 18.3 Å². The van der Waals surface area contributed by atoms with Crippen LogP contribution >= 0.6 is 11.6 Å². The summed E-state index contributed by atoms with van der Waals surface area (Å²) in [6, 6.07) is 3.27. The molecule has 3 unspecified atom stereocenters. The van der Waals surface area contributed by atoms with Crippen LogP contribution in [0.25, 0.3) is 0 Å². The lowest BCUT2D eigenvalue weighted by Gasteiger charge is -2.18. The number of likely N-dealkylation sites (tertiary alicyclic amines) is 1. The van der Waals surface area contributed by atoms with Crippen molar-refractivity contribution in [2.75, 3.05) is 13.1 Å². The number of aliphatic hydroxyl groups excluding tert-OH is 1. The summed E-state index contributed by atoms with van der Waals surface area (Å²) in [5.74, 6) is 0.702. The zero-order valence-electron chi connectivity index (χ0n) is 9.92. The summed E-state index contributed by atoms with van der Waals surface area (Å²) in [5.41, 5.74) is 0.574. The van der Waals surface area contributed by atoms with E-state index >= 15 is 0 Å². The Morgan fingerprint density at radius 2 is 2.28 bits per heavy atom. The fourth-order valence-corrected chi connectivity index (χ4v) is 3.29. The van der Waals surface area contributed by atoms with Crippen LogP contribution in [-0.4, -0.2) is 40.1 Å². The lowest BCUT2D eigenvalue weighted by Crippen LogP contribution is -2.31. The number of aliphatic hydroxyl groups is 1. The predicted octanol–water partition coefficient (Wildman–Crippen LogP) is 1.58. The molecule has 1 saturated carbocycles. The zero-order chi connectivity index (χ0) is 12.7. The molecule has 1 saturated heterocycles. The Hall–Kier alpha value is -1.13. The zero-order valence-corrected chi connectivity index (χ0v) is 10.7. The molecule has 1 aromatic heterocycles. The number of amides is 1. The van der Waals surface area contributed by atoms with Gasteiger partial charge in [0.1, 0.15) is 5.15 Å². The number of carbonyl (C=O) groups excluding carboxylic acids is 1. The van der Waals surface area contributed by atoms with Crippen molar-refractivity contribution < 1.29 is 9.90 Å². The van der Waals surface area contributed by atoms with Gasteiger partial charge >= 0.3 is 0 Å². The molecule has 0 radical (unpaired) electrons. The van der Waals surface area contributed by atoms with E-state index in [2.05, 4.69) is 4.98 Å². The van der Waals surface area contributed by atoms with Crippen molar-refractivity contribution in [3.63, 3.8) is 0 Å². The predicted molar refractivity (Wildman–Crippen MR) is 67.4 cm³/mol. The van der Waals surface area contributed by atoms with Crippen molar-refractivity contribution in [1.29, 1.82) is 0 Å². The largest absolute Gasteiger partial charge is 0.393 e. The Balaban J connectivity index is 1.75. The van der Waals surface area contributed by atoms with Crippen LogP contribution < -0.4 is 0 Å². The summed E-state index contributed by atoms with van der Waals surface area (Å²) in [7, 11) is 0. The molecule has 1 amide bonds. The summed E-state index contributed by atoms with van der Waals surface area (Å²) in [6.07, 6.45) is 3.20. The minimum atomic E-state index is -0.242. The van der Waals surface area contributed by atoms with E-state index in [4.69, 9.17) is 11.6 Å². The monoisotopic (exact) mass is 266 g/mol. The maximum atomic E-state index is 12.3. The molecule has 1 N–H and O–H groups in total. The van der Waals surface area contributed by atoms with E-state index in [9.17, 15) is 9.90 Å². The van der Waals surface area contributed by atoms with Crippen molar-refractivity contribution in [2.45, 2.75) is 18.9 Å². The van der Waals surface area contributed by atoms with E-state index in [1.165, 1.54) is 0 Å². The number of aromatic nitrogens is 1. The average molecular weight is 267 g/mol. The normalized spacial score (nSPS) is 30.6. The minimum absolute atomic E-state index is 0.0131. The molecule has 0 spiro atoms. The van der Waals surface area contributed by atoms with Gasteiger partial charge in [0.2, 0.25) is 0 Å². The van der Waals surface area contributed by atoms with Gasteiger partial charge in [-0.3, -0.25) is 4.79 Å². The highest BCUT2D eigenvalue weighted by Gasteiger charge is 2.43. The second kappa shape index (κ2) is 4.52. The van der Waals surface area contributed by atoms with Gasteiger partial charge in [-0.25, -0.2) is 4.98 Å². The van der Waals surface area contributed by atoms with Gasteiger partial charge in [-0.1, -0.05) is 11.6 Å². The Kier molecular flexibility index (Phi) is 2.99. The number of rotatable bonds is 1. The molecule has 3 atom stereocenters. The summed E-state index contributed by atoms with van der Waals surface area (Å²) in [4.78, 5) is 18.0. The topological polar surface area (TPSA) is 53.4 Å². The van der Waals surface area contributed by atoms with Crippen molar-refractivity contribution >= 4 is 17.5 Å². The van der Waals surface area contributed by atoms with Gasteiger partial charge in [0.15, 0.2) is 0 Å². The lowest BCUT2D eigenvalue weighted by atomic mass is 10.00. The Bertz CT molecular complexity index is 480. The fraction of sp³-hybridized carbons (Fsp3) is 0.538. The van der Waals surface area contributed by atoms with Crippen LogP contribution in [0.5, 0.6) is 0 Å².